The number of nitrogens with zero attached hydrogens (tertiary/aromatic N) is 2. The van der Waals surface area contributed by atoms with Crippen molar-refractivity contribution < 1.29 is 4.74 Å². The fourth-order valence-electron chi connectivity index (χ4n) is 3.61. The maximum atomic E-state index is 5.58. The molecule has 1 aliphatic carbocycles. The number of imidazole rings is 1. The number of aryl methyl sites for hydroxylation is 1. The van der Waals surface area contributed by atoms with Gasteiger partial charge in [0.2, 0.25) is 0 Å². The Balaban J connectivity index is 1.53. The molecule has 1 heterocycles. The van der Waals surface area contributed by atoms with Crippen molar-refractivity contribution >= 4 is 5.69 Å². The minimum absolute atomic E-state index is 0.687. The molecule has 4 nitrogen and oxygen atoms in total. The van der Waals surface area contributed by atoms with Gasteiger partial charge < -0.3 is 14.6 Å². The summed E-state index contributed by atoms with van der Waals surface area (Å²) >= 11 is 0. The second kappa shape index (κ2) is 7.01. The lowest BCUT2D eigenvalue weighted by Crippen LogP contribution is -2.11. The van der Waals surface area contributed by atoms with Gasteiger partial charge in [0, 0.05) is 18.9 Å². The van der Waals surface area contributed by atoms with E-state index in [-0.39, 0.29) is 0 Å². The maximum absolute atomic E-state index is 5.58. The molecule has 25 heavy (non-hydrogen) atoms. The number of rotatable bonds is 6. The van der Waals surface area contributed by atoms with Crippen LogP contribution in [0.1, 0.15) is 28.9 Å². The summed E-state index contributed by atoms with van der Waals surface area (Å²) in [5, 5.41) is 3.58. The summed E-state index contributed by atoms with van der Waals surface area (Å²) in [6.07, 6.45) is 7.41. The van der Waals surface area contributed by atoms with Crippen LogP contribution in [0.5, 0.6) is 5.75 Å². The molecular weight excluding hydrogens is 310 g/mol. The van der Waals surface area contributed by atoms with Gasteiger partial charge in [-0.15, -0.1) is 0 Å². The Kier molecular flexibility index (Phi) is 4.42. The van der Waals surface area contributed by atoms with Crippen LogP contribution in [0.3, 0.4) is 0 Å². The number of hydrogen-bond donors (Lipinski definition) is 1. The van der Waals surface area contributed by atoms with Crippen molar-refractivity contribution in [1.29, 1.82) is 0 Å². The molecule has 0 bridgehead atoms. The molecule has 4 rings (SSSR count). The predicted molar refractivity (Wildman–Crippen MR) is 100 cm³/mol. The van der Waals surface area contributed by atoms with Crippen LogP contribution in [0.2, 0.25) is 0 Å². The summed E-state index contributed by atoms with van der Waals surface area (Å²) in [6.45, 7) is 1.52. The van der Waals surface area contributed by atoms with E-state index in [4.69, 9.17) is 4.74 Å². The number of nitrogens with one attached hydrogen (secondary N) is 1. The summed E-state index contributed by atoms with van der Waals surface area (Å²) in [4.78, 5) is 4.54. The summed E-state index contributed by atoms with van der Waals surface area (Å²) in [7, 11) is 1.73. The Morgan fingerprint density at radius 2 is 2.00 bits per heavy atom. The zero-order chi connectivity index (χ0) is 17.1. The first-order valence-electron chi connectivity index (χ1n) is 8.81. The van der Waals surface area contributed by atoms with E-state index in [2.05, 4.69) is 51.3 Å². The van der Waals surface area contributed by atoms with Crippen molar-refractivity contribution in [1.82, 2.24) is 9.55 Å². The molecule has 0 aliphatic heterocycles. The van der Waals surface area contributed by atoms with Crippen molar-refractivity contribution in [3.05, 3.63) is 77.4 Å². The third-order valence-corrected chi connectivity index (χ3v) is 4.89. The highest BCUT2D eigenvalue weighted by Gasteiger charge is 2.18. The normalized spacial score (nSPS) is 12.8. The minimum Gasteiger partial charge on any atom is -0.495 e. The monoisotopic (exact) mass is 333 g/mol. The highest BCUT2D eigenvalue weighted by atomic mass is 16.5. The Bertz CT molecular complexity index is 855. The standard InChI is InChI=1S/C21H23N3O/c1-25-19-11-10-17-8-5-9-18(17)21(19)23-14-20-22-12-13-24(20)15-16-6-3-2-4-7-16/h2-4,6-7,10-13,23H,5,8-9,14-15H2,1H3. The van der Waals surface area contributed by atoms with Gasteiger partial charge in [-0.25, -0.2) is 4.98 Å². The molecule has 0 amide bonds. The van der Waals surface area contributed by atoms with E-state index in [0.717, 1.165) is 36.6 Å². The van der Waals surface area contributed by atoms with Gasteiger partial charge in [0.1, 0.15) is 11.6 Å². The second-order valence-electron chi connectivity index (χ2n) is 6.44. The molecule has 1 N–H and O–H groups in total. The topological polar surface area (TPSA) is 39.1 Å². The SMILES string of the molecule is COc1ccc2c(c1NCc1nccn1Cc1ccccc1)CCC2. The fourth-order valence-corrected chi connectivity index (χ4v) is 3.61. The summed E-state index contributed by atoms with van der Waals surface area (Å²) in [6, 6.07) is 14.7. The maximum Gasteiger partial charge on any atom is 0.142 e. The van der Waals surface area contributed by atoms with Gasteiger partial charge in [-0.1, -0.05) is 36.4 Å². The summed E-state index contributed by atoms with van der Waals surface area (Å²) in [5.74, 6) is 1.95. The van der Waals surface area contributed by atoms with Crippen LogP contribution >= 0.6 is 0 Å². The molecule has 0 radical (unpaired) electrons. The van der Waals surface area contributed by atoms with Gasteiger partial charge in [-0.05, 0) is 42.0 Å². The van der Waals surface area contributed by atoms with Crippen molar-refractivity contribution in [2.75, 3.05) is 12.4 Å². The predicted octanol–water partition coefficient (Wildman–Crippen LogP) is 4.04. The van der Waals surface area contributed by atoms with E-state index >= 15 is 0 Å². The van der Waals surface area contributed by atoms with Crippen LogP contribution < -0.4 is 10.1 Å². The third-order valence-electron chi connectivity index (χ3n) is 4.89. The second-order valence-corrected chi connectivity index (χ2v) is 6.44. The number of aromatic nitrogens is 2. The average Bonchev–Trinajstić information content (AvgIpc) is 3.29. The first kappa shape index (κ1) is 15.8. The summed E-state index contributed by atoms with van der Waals surface area (Å²) < 4.78 is 7.77. The van der Waals surface area contributed by atoms with Crippen molar-refractivity contribution in [2.24, 2.45) is 0 Å². The zero-order valence-corrected chi connectivity index (χ0v) is 14.5. The first-order chi connectivity index (χ1) is 12.3. The Labute approximate surface area is 148 Å². The van der Waals surface area contributed by atoms with Crippen LogP contribution in [-0.4, -0.2) is 16.7 Å². The quantitative estimate of drug-likeness (QED) is 0.740. The van der Waals surface area contributed by atoms with Gasteiger partial charge >= 0.3 is 0 Å². The molecule has 0 atom stereocenters. The molecule has 0 fully saturated rings. The number of fused-ring (bicyclic) bond motifs is 1. The van der Waals surface area contributed by atoms with Crippen LogP contribution in [0, 0.1) is 0 Å². The lowest BCUT2D eigenvalue weighted by atomic mass is 10.1. The van der Waals surface area contributed by atoms with E-state index in [1.54, 1.807) is 7.11 Å². The van der Waals surface area contributed by atoms with Gasteiger partial charge in [0.15, 0.2) is 0 Å². The highest BCUT2D eigenvalue weighted by Crippen LogP contribution is 2.36. The molecule has 4 heteroatoms. The van der Waals surface area contributed by atoms with Crippen molar-refractivity contribution in [3.8, 4) is 5.75 Å². The largest absolute Gasteiger partial charge is 0.495 e. The molecule has 0 saturated heterocycles. The minimum atomic E-state index is 0.687. The number of methoxy groups -OCH3 is 1. The van der Waals surface area contributed by atoms with Gasteiger partial charge in [-0.3, -0.25) is 0 Å². The number of hydrogen-bond acceptors (Lipinski definition) is 3. The molecule has 1 aromatic heterocycles. The number of benzene rings is 2. The number of anilines is 1. The Morgan fingerprint density at radius 3 is 2.84 bits per heavy atom. The van der Waals surface area contributed by atoms with Crippen LogP contribution in [0.4, 0.5) is 5.69 Å². The first-order valence-corrected chi connectivity index (χ1v) is 8.81. The zero-order valence-electron chi connectivity index (χ0n) is 14.5. The number of ether oxygens (including phenoxy) is 1. The molecule has 0 unspecified atom stereocenters. The smallest absolute Gasteiger partial charge is 0.142 e. The highest BCUT2D eigenvalue weighted by molar-refractivity contribution is 5.65. The van der Waals surface area contributed by atoms with Crippen LogP contribution in [0.15, 0.2) is 54.9 Å². The van der Waals surface area contributed by atoms with Gasteiger partial charge in [0.05, 0.1) is 19.3 Å². The van der Waals surface area contributed by atoms with E-state index in [0.29, 0.717) is 6.54 Å². The fraction of sp³-hybridized carbons (Fsp3) is 0.286. The molecule has 3 aromatic rings. The molecular formula is C21H23N3O. The van der Waals surface area contributed by atoms with E-state index in [1.165, 1.54) is 23.1 Å². The molecule has 0 spiro atoms. The van der Waals surface area contributed by atoms with Crippen LogP contribution in [-0.2, 0) is 25.9 Å². The molecule has 2 aromatic carbocycles. The van der Waals surface area contributed by atoms with Gasteiger partial charge in [0.25, 0.3) is 0 Å². The van der Waals surface area contributed by atoms with E-state index in [1.807, 2.05) is 18.5 Å². The summed E-state index contributed by atoms with van der Waals surface area (Å²) in [5.41, 5.74) is 5.25. The third kappa shape index (κ3) is 3.25. The van der Waals surface area contributed by atoms with Crippen molar-refractivity contribution in [2.45, 2.75) is 32.4 Å². The van der Waals surface area contributed by atoms with Gasteiger partial charge in [-0.2, -0.15) is 0 Å². The lowest BCUT2D eigenvalue weighted by Gasteiger charge is -2.16. The average molecular weight is 333 g/mol. The van der Waals surface area contributed by atoms with E-state index in [9.17, 15) is 0 Å². The van der Waals surface area contributed by atoms with E-state index < -0.39 is 0 Å². The molecule has 128 valence electrons. The van der Waals surface area contributed by atoms with Crippen molar-refractivity contribution in [3.63, 3.8) is 0 Å². The lowest BCUT2D eigenvalue weighted by molar-refractivity contribution is 0.416. The van der Waals surface area contributed by atoms with Crippen LogP contribution in [0.25, 0.3) is 0 Å². The Morgan fingerprint density at radius 1 is 1.12 bits per heavy atom. The molecule has 1 aliphatic rings. The Hall–Kier alpha value is -2.75. The molecule has 0 saturated carbocycles.